The van der Waals surface area contributed by atoms with Crippen molar-refractivity contribution in [1.82, 2.24) is 4.57 Å². The Morgan fingerprint density at radius 3 is 2.70 bits per heavy atom. The summed E-state index contributed by atoms with van der Waals surface area (Å²) in [6.45, 7) is 1.79. The van der Waals surface area contributed by atoms with Gasteiger partial charge in [-0.1, -0.05) is 6.07 Å². The highest BCUT2D eigenvalue weighted by molar-refractivity contribution is 6.18. The summed E-state index contributed by atoms with van der Waals surface area (Å²) in [5.74, 6) is 1.28. The maximum absolute atomic E-state index is 12.7. The molecular weight excluding hydrogens is 254 g/mol. The third kappa shape index (κ3) is 1.72. The van der Waals surface area contributed by atoms with Gasteiger partial charge in [-0.25, -0.2) is 0 Å². The predicted octanol–water partition coefficient (Wildman–Crippen LogP) is 3.32. The summed E-state index contributed by atoms with van der Waals surface area (Å²) in [5, 5.41) is 0.836. The molecule has 0 amide bonds. The Bertz CT molecular complexity index is 795. The Kier molecular flexibility index (Phi) is 2.86. The minimum absolute atomic E-state index is 0.0497. The molecule has 4 heteroatoms. The predicted molar refractivity (Wildman–Crippen MR) is 76.3 cm³/mol. The lowest BCUT2D eigenvalue weighted by molar-refractivity contribution is 0.103. The van der Waals surface area contributed by atoms with Crippen molar-refractivity contribution in [2.24, 2.45) is 7.05 Å². The number of furan rings is 1. The average molecular weight is 269 g/mol. The number of hydrogen-bond acceptors (Lipinski definition) is 3. The summed E-state index contributed by atoms with van der Waals surface area (Å²) in [4.78, 5) is 12.7. The van der Waals surface area contributed by atoms with Gasteiger partial charge in [0.05, 0.1) is 35.4 Å². The monoisotopic (exact) mass is 269 g/mol. The van der Waals surface area contributed by atoms with E-state index in [1.807, 2.05) is 36.0 Å². The number of rotatable bonds is 3. The van der Waals surface area contributed by atoms with Crippen LogP contribution in [0.1, 0.15) is 21.7 Å². The van der Waals surface area contributed by atoms with Gasteiger partial charge in [-0.2, -0.15) is 0 Å². The van der Waals surface area contributed by atoms with Gasteiger partial charge < -0.3 is 13.7 Å². The summed E-state index contributed by atoms with van der Waals surface area (Å²) in [6, 6.07) is 7.45. The number of carbonyl (C=O) groups is 1. The first-order valence-corrected chi connectivity index (χ1v) is 6.34. The van der Waals surface area contributed by atoms with E-state index in [4.69, 9.17) is 9.15 Å². The highest BCUT2D eigenvalue weighted by atomic mass is 16.5. The topological polar surface area (TPSA) is 44.4 Å². The fourth-order valence-corrected chi connectivity index (χ4v) is 2.52. The largest absolute Gasteiger partial charge is 0.496 e. The molecule has 0 fully saturated rings. The molecule has 0 aliphatic heterocycles. The Morgan fingerprint density at radius 1 is 1.25 bits per heavy atom. The summed E-state index contributed by atoms with van der Waals surface area (Å²) in [5.41, 5.74) is 2.18. The van der Waals surface area contributed by atoms with Crippen LogP contribution in [0.2, 0.25) is 0 Å². The number of nitrogens with zero attached hydrogens (tertiary/aromatic N) is 1. The molecule has 0 aliphatic rings. The molecule has 2 aromatic heterocycles. The lowest BCUT2D eigenvalue weighted by atomic mass is 10.0. The van der Waals surface area contributed by atoms with Crippen LogP contribution in [-0.4, -0.2) is 17.5 Å². The van der Waals surface area contributed by atoms with E-state index < -0.39 is 0 Å². The molecule has 0 N–H and O–H groups in total. The van der Waals surface area contributed by atoms with Gasteiger partial charge in [-0.3, -0.25) is 4.79 Å². The third-order valence-corrected chi connectivity index (χ3v) is 3.54. The number of ether oxygens (including phenoxy) is 1. The highest BCUT2D eigenvalue weighted by Gasteiger charge is 2.21. The van der Waals surface area contributed by atoms with Crippen molar-refractivity contribution in [3.05, 3.63) is 53.6 Å². The number of aryl methyl sites for hydroxylation is 2. The maximum atomic E-state index is 12.7. The van der Waals surface area contributed by atoms with Crippen LogP contribution in [0.25, 0.3) is 10.9 Å². The molecule has 0 spiro atoms. The second-order valence-corrected chi connectivity index (χ2v) is 4.73. The van der Waals surface area contributed by atoms with Crippen LogP contribution < -0.4 is 4.74 Å². The Balaban J connectivity index is 2.27. The Labute approximate surface area is 116 Å². The van der Waals surface area contributed by atoms with Crippen LogP contribution >= 0.6 is 0 Å². The summed E-state index contributed by atoms with van der Waals surface area (Å²) in [7, 11) is 3.53. The number of hydrogen-bond donors (Lipinski definition) is 0. The van der Waals surface area contributed by atoms with E-state index in [2.05, 4.69) is 0 Å². The standard InChI is InChI=1S/C16H15NO3/c1-10-11(7-8-20-10)16(18)12-9-17(2)13-5-4-6-14(19-3)15(12)13/h4-9H,1-3H3. The van der Waals surface area contributed by atoms with Crippen molar-refractivity contribution in [3.8, 4) is 5.75 Å². The van der Waals surface area contributed by atoms with Gasteiger partial charge in [-0.15, -0.1) is 0 Å². The van der Waals surface area contributed by atoms with Crippen LogP contribution in [0.15, 0.2) is 41.1 Å². The van der Waals surface area contributed by atoms with Gasteiger partial charge in [0.15, 0.2) is 5.78 Å². The quantitative estimate of drug-likeness (QED) is 0.685. The van der Waals surface area contributed by atoms with Gasteiger partial charge in [0.2, 0.25) is 0 Å². The first kappa shape index (κ1) is 12.5. The second kappa shape index (κ2) is 4.56. The number of aromatic nitrogens is 1. The van der Waals surface area contributed by atoms with Crippen molar-refractivity contribution < 1.29 is 13.9 Å². The zero-order chi connectivity index (χ0) is 14.3. The highest BCUT2D eigenvalue weighted by Crippen LogP contribution is 2.32. The van der Waals surface area contributed by atoms with Gasteiger partial charge in [-0.05, 0) is 25.1 Å². The lowest BCUT2D eigenvalue weighted by Gasteiger charge is -2.04. The van der Waals surface area contributed by atoms with Crippen LogP contribution in [0, 0.1) is 6.92 Å². The number of ketones is 1. The molecule has 0 unspecified atom stereocenters. The summed E-state index contributed by atoms with van der Waals surface area (Å²) >= 11 is 0. The number of benzene rings is 1. The summed E-state index contributed by atoms with van der Waals surface area (Å²) < 4.78 is 12.5. The zero-order valence-corrected chi connectivity index (χ0v) is 11.6. The lowest BCUT2D eigenvalue weighted by Crippen LogP contribution is -2.01. The average Bonchev–Trinajstić information content (AvgIpc) is 3.02. The van der Waals surface area contributed by atoms with Gasteiger partial charge >= 0.3 is 0 Å². The van der Waals surface area contributed by atoms with Crippen molar-refractivity contribution in [1.29, 1.82) is 0 Å². The molecule has 0 saturated carbocycles. The van der Waals surface area contributed by atoms with E-state index in [9.17, 15) is 4.79 Å². The molecule has 102 valence electrons. The molecule has 3 rings (SSSR count). The number of carbonyl (C=O) groups excluding carboxylic acids is 1. The van der Waals surface area contributed by atoms with Crippen LogP contribution in [0.3, 0.4) is 0 Å². The van der Waals surface area contributed by atoms with Crippen molar-refractivity contribution in [2.45, 2.75) is 6.92 Å². The van der Waals surface area contributed by atoms with Crippen molar-refractivity contribution in [2.75, 3.05) is 7.11 Å². The van der Waals surface area contributed by atoms with E-state index in [-0.39, 0.29) is 5.78 Å². The number of fused-ring (bicyclic) bond motifs is 1. The first-order chi connectivity index (χ1) is 9.63. The van der Waals surface area contributed by atoms with Crippen molar-refractivity contribution >= 4 is 16.7 Å². The minimum atomic E-state index is -0.0497. The molecular formula is C16H15NO3. The van der Waals surface area contributed by atoms with E-state index in [0.717, 1.165) is 10.9 Å². The zero-order valence-electron chi connectivity index (χ0n) is 11.6. The molecule has 1 aromatic carbocycles. The van der Waals surface area contributed by atoms with Crippen LogP contribution in [0.4, 0.5) is 0 Å². The SMILES string of the molecule is COc1cccc2c1c(C(=O)c1ccoc1C)cn2C. The van der Waals surface area contributed by atoms with E-state index in [1.54, 1.807) is 20.1 Å². The fraction of sp³-hybridized carbons (Fsp3) is 0.188. The van der Waals surface area contributed by atoms with Crippen LogP contribution in [0.5, 0.6) is 5.75 Å². The molecule has 3 aromatic rings. The molecule has 2 heterocycles. The molecule has 0 atom stereocenters. The van der Waals surface area contributed by atoms with E-state index in [1.165, 1.54) is 6.26 Å². The molecule has 0 saturated heterocycles. The molecule has 0 bridgehead atoms. The number of methoxy groups -OCH3 is 1. The van der Waals surface area contributed by atoms with Crippen LogP contribution in [-0.2, 0) is 7.05 Å². The molecule has 0 aliphatic carbocycles. The van der Waals surface area contributed by atoms with Gasteiger partial charge in [0.1, 0.15) is 11.5 Å². The molecule has 4 nitrogen and oxygen atoms in total. The van der Waals surface area contributed by atoms with Crippen molar-refractivity contribution in [3.63, 3.8) is 0 Å². The molecule has 20 heavy (non-hydrogen) atoms. The first-order valence-electron chi connectivity index (χ1n) is 6.34. The van der Waals surface area contributed by atoms with Gasteiger partial charge in [0.25, 0.3) is 0 Å². The second-order valence-electron chi connectivity index (χ2n) is 4.73. The Hall–Kier alpha value is -2.49. The fourth-order valence-electron chi connectivity index (χ4n) is 2.52. The normalized spacial score (nSPS) is 10.9. The molecule has 0 radical (unpaired) electrons. The summed E-state index contributed by atoms with van der Waals surface area (Å²) in [6.07, 6.45) is 3.37. The van der Waals surface area contributed by atoms with E-state index >= 15 is 0 Å². The smallest absolute Gasteiger partial charge is 0.198 e. The third-order valence-electron chi connectivity index (χ3n) is 3.54. The van der Waals surface area contributed by atoms with Gasteiger partial charge in [0, 0.05) is 13.2 Å². The maximum Gasteiger partial charge on any atom is 0.198 e. The van der Waals surface area contributed by atoms with E-state index in [0.29, 0.717) is 22.6 Å². The minimum Gasteiger partial charge on any atom is -0.496 e. The Morgan fingerprint density at radius 2 is 2.05 bits per heavy atom.